The van der Waals surface area contributed by atoms with Gasteiger partial charge in [-0.1, -0.05) is 12.1 Å². The topological polar surface area (TPSA) is 35.2 Å². The Balaban J connectivity index is 2.86. The SMILES string of the molecule is NCCCc1cccc(OC(F)(F)F)c1F. The van der Waals surface area contributed by atoms with Gasteiger partial charge in [0.25, 0.3) is 0 Å². The van der Waals surface area contributed by atoms with E-state index in [0.717, 1.165) is 6.07 Å². The van der Waals surface area contributed by atoms with Crippen molar-refractivity contribution in [2.24, 2.45) is 5.73 Å². The Kier molecular flexibility index (Phi) is 4.12. The molecule has 0 saturated carbocycles. The van der Waals surface area contributed by atoms with Gasteiger partial charge in [0.05, 0.1) is 0 Å². The number of halogens is 4. The third-order valence-electron chi connectivity index (χ3n) is 1.92. The van der Waals surface area contributed by atoms with Crippen molar-refractivity contribution in [2.75, 3.05) is 6.54 Å². The predicted molar refractivity (Wildman–Crippen MR) is 50.5 cm³/mol. The molecule has 0 fully saturated rings. The number of rotatable bonds is 4. The normalized spacial score (nSPS) is 11.6. The Labute approximate surface area is 90.0 Å². The second-order valence-electron chi connectivity index (χ2n) is 3.17. The van der Waals surface area contributed by atoms with E-state index in [9.17, 15) is 17.6 Å². The maximum atomic E-state index is 13.5. The summed E-state index contributed by atoms with van der Waals surface area (Å²) in [7, 11) is 0. The first-order valence-electron chi connectivity index (χ1n) is 4.67. The summed E-state index contributed by atoms with van der Waals surface area (Å²) in [5, 5.41) is 0. The molecule has 0 amide bonds. The van der Waals surface area contributed by atoms with Crippen LogP contribution >= 0.6 is 0 Å². The van der Waals surface area contributed by atoms with Gasteiger partial charge in [-0.15, -0.1) is 13.2 Å². The van der Waals surface area contributed by atoms with Crippen LogP contribution in [0.25, 0.3) is 0 Å². The van der Waals surface area contributed by atoms with Crippen molar-refractivity contribution in [3.8, 4) is 5.75 Å². The smallest absolute Gasteiger partial charge is 0.403 e. The first-order chi connectivity index (χ1) is 7.44. The van der Waals surface area contributed by atoms with Crippen LogP contribution in [-0.2, 0) is 6.42 Å². The van der Waals surface area contributed by atoms with E-state index in [0.29, 0.717) is 13.0 Å². The number of hydrogen-bond donors (Lipinski definition) is 1. The van der Waals surface area contributed by atoms with E-state index in [1.54, 1.807) is 0 Å². The van der Waals surface area contributed by atoms with Gasteiger partial charge < -0.3 is 10.5 Å². The minimum atomic E-state index is -4.88. The van der Waals surface area contributed by atoms with Crippen LogP contribution in [-0.4, -0.2) is 12.9 Å². The highest BCUT2D eigenvalue weighted by Gasteiger charge is 2.32. The molecule has 1 aromatic rings. The number of aryl methyl sites for hydroxylation is 1. The summed E-state index contributed by atoms with van der Waals surface area (Å²) in [4.78, 5) is 0. The maximum absolute atomic E-state index is 13.5. The third-order valence-corrected chi connectivity index (χ3v) is 1.92. The van der Waals surface area contributed by atoms with E-state index in [1.165, 1.54) is 12.1 Å². The second kappa shape index (κ2) is 5.16. The molecule has 2 N–H and O–H groups in total. The van der Waals surface area contributed by atoms with Crippen molar-refractivity contribution in [1.29, 1.82) is 0 Å². The average Bonchev–Trinajstić information content (AvgIpc) is 2.17. The summed E-state index contributed by atoms with van der Waals surface area (Å²) < 4.78 is 52.7. The van der Waals surface area contributed by atoms with Crippen LogP contribution in [0.15, 0.2) is 18.2 Å². The van der Waals surface area contributed by atoms with Gasteiger partial charge in [0.15, 0.2) is 11.6 Å². The highest BCUT2D eigenvalue weighted by Crippen LogP contribution is 2.27. The lowest BCUT2D eigenvalue weighted by Gasteiger charge is -2.11. The highest BCUT2D eigenvalue weighted by molar-refractivity contribution is 5.31. The van der Waals surface area contributed by atoms with Crippen LogP contribution in [0.5, 0.6) is 5.75 Å². The number of benzene rings is 1. The van der Waals surface area contributed by atoms with Gasteiger partial charge >= 0.3 is 6.36 Å². The Morgan fingerprint density at radius 3 is 2.50 bits per heavy atom. The molecule has 0 spiro atoms. The Hall–Kier alpha value is -1.30. The second-order valence-corrected chi connectivity index (χ2v) is 3.17. The maximum Gasteiger partial charge on any atom is 0.573 e. The molecule has 90 valence electrons. The van der Waals surface area contributed by atoms with Crippen LogP contribution in [0.3, 0.4) is 0 Å². The molecule has 2 nitrogen and oxygen atoms in total. The molecular weight excluding hydrogens is 226 g/mol. The molecule has 0 heterocycles. The molecular formula is C10H11F4NO. The van der Waals surface area contributed by atoms with Crippen LogP contribution in [0.1, 0.15) is 12.0 Å². The molecule has 16 heavy (non-hydrogen) atoms. The van der Waals surface area contributed by atoms with Crippen molar-refractivity contribution in [3.63, 3.8) is 0 Å². The molecule has 0 bridgehead atoms. The molecule has 0 aliphatic heterocycles. The van der Waals surface area contributed by atoms with Crippen LogP contribution in [0.2, 0.25) is 0 Å². The van der Waals surface area contributed by atoms with E-state index >= 15 is 0 Å². The zero-order valence-corrected chi connectivity index (χ0v) is 8.35. The minimum absolute atomic E-state index is 0.173. The van der Waals surface area contributed by atoms with E-state index in [4.69, 9.17) is 5.73 Å². The average molecular weight is 237 g/mol. The molecule has 1 aromatic carbocycles. The fourth-order valence-corrected chi connectivity index (χ4v) is 1.25. The van der Waals surface area contributed by atoms with E-state index < -0.39 is 17.9 Å². The lowest BCUT2D eigenvalue weighted by atomic mass is 10.1. The molecule has 0 saturated heterocycles. The van der Waals surface area contributed by atoms with Crippen molar-refractivity contribution in [1.82, 2.24) is 0 Å². The Morgan fingerprint density at radius 1 is 1.25 bits per heavy atom. The Bertz CT molecular complexity index is 351. The van der Waals surface area contributed by atoms with Gasteiger partial charge in [0, 0.05) is 0 Å². The van der Waals surface area contributed by atoms with Gasteiger partial charge in [-0.2, -0.15) is 0 Å². The Morgan fingerprint density at radius 2 is 1.94 bits per heavy atom. The number of ether oxygens (including phenoxy) is 1. The monoisotopic (exact) mass is 237 g/mol. The predicted octanol–water partition coefficient (Wildman–Crippen LogP) is 2.62. The summed E-state index contributed by atoms with van der Waals surface area (Å²) in [6, 6.07) is 3.67. The zero-order valence-electron chi connectivity index (χ0n) is 8.35. The van der Waals surface area contributed by atoms with Crippen molar-refractivity contribution in [3.05, 3.63) is 29.6 Å². The molecule has 0 radical (unpaired) electrons. The lowest BCUT2D eigenvalue weighted by Crippen LogP contribution is -2.18. The summed E-state index contributed by atoms with van der Waals surface area (Å²) in [5.41, 5.74) is 5.41. The summed E-state index contributed by atoms with van der Waals surface area (Å²) >= 11 is 0. The molecule has 0 aliphatic rings. The van der Waals surface area contributed by atoms with Crippen molar-refractivity contribution < 1.29 is 22.3 Å². The quantitative estimate of drug-likeness (QED) is 0.817. The lowest BCUT2D eigenvalue weighted by molar-refractivity contribution is -0.275. The highest BCUT2D eigenvalue weighted by atomic mass is 19.4. The summed E-state index contributed by atoms with van der Waals surface area (Å²) in [6.07, 6.45) is -4.09. The fraction of sp³-hybridized carbons (Fsp3) is 0.400. The standard InChI is InChI=1S/C10H11F4NO/c11-9-7(4-2-6-15)3-1-5-8(9)16-10(12,13)14/h1,3,5H,2,4,6,15H2. The largest absolute Gasteiger partial charge is 0.573 e. The van der Waals surface area contributed by atoms with Crippen LogP contribution in [0.4, 0.5) is 17.6 Å². The van der Waals surface area contributed by atoms with E-state index in [2.05, 4.69) is 4.74 Å². The summed E-state index contributed by atoms with van der Waals surface area (Å²) in [6.45, 7) is 0.351. The zero-order chi connectivity index (χ0) is 12.2. The molecule has 0 unspecified atom stereocenters. The first-order valence-corrected chi connectivity index (χ1v) is 4.67. The van der Waals surface area contributed by atoms with Gasteiger partial charge in [-0.3, -0.25) is 0 Å². The van der Waals surface area contributed by atoms with Crippen molar-refractivity contribution >= 4 is 0 Å². The third kappa shape index (κ3) is 3.69. The fourth-order valence-electron chi connectivity index (χ4n) is 1.25. The van der Waals surface area contributed by atoms with Gasteiger partial charge in [0.2, 0.25) is 0 Å². The summed E-state index contributed by atoms with van der Waals surface area (Å²) in [5.74, 6) is -1.78. The number of nitrogens with two attached hydrogens (primary N) is 1. The number of alkyl halides is 3. The minimum Gasteiger partial charge on any atom is -0.403 e. The van der Waals surface area contributed by atoms with Crippen LogP contribution < -0.4 is 10.5 Å². The molecule has 1 rings (SSSR count). The molecule has 0 atom stereocenters. The molecule has 0 aromatic heterocycles. The van der Waals surface area contributed by atoms with Gasteiger partial charge in [0.1, 0.15) is 0 Å². The number of hydrogen-bond acceptors (Lipinski definition) is 2. The van der Waals surface area contributed by atoms with Crippen LogP contribution in [0, 0.1) is 5.82 Å². The first kappa shape index (κ1) is 12.8. The molecule has 6 heteroatoms. The molecule has 0 aliphatic carbocycles. The van der Waals surface area contributed by atoms with E-state index in [1.807, 2.05) is 0 Å². The van der Waals surface area contributed by atoms with Gasteiger partial charge in [-0.05, 0) is 31.0 Å². The van der Waals surface area contributed by atoms with Crippen molar-refractivity contribution in [2.45, 2.75) is 19.2 Å². The van der Waals surface area contributed by atoms with E-state index in [-0.39, 0.29) is 12.0 Å². The van der Waals surface area contributed by atoms with Gasteiger partial charge in [-0.25, -0.2) is 4.39 Å².